The van der Waals surface area contributed by atoms with E-state index in [-0.39, 0.29) is 24.0 Å². The largest absolute Gasteiger partial charge is 0.475 e. The van der Waals surface area contributed by atoms with Gasteiger partial charge in [-0.15, -0.1) is 24.0 Å². The van der Waals surface area contributed by atoms with E-state index in [1.54, 1.807) is 20.4 Å². The SMILES string of the molecule is CN=C(NCc1cccnc1OCCOC)NCC(C)(C)NC(=O)OC(C)(C)C.I. The Bertz CT molecular complexity index is 677. The maximum Gasteiger partial charge on any atom is 0.408 e. The highest BCUT2D eigenvalue weighted by Crippen LogP contribution is 2.14. The lowest BCUT2D eigenvalue weighted by molar-refractivity contribution is 0.0474. The Balaban J connectivity index is 0.00000841. The number of methoxy groups -OCH3 is 1. The number of aliphatic imine (C=N–C) groups is 1. The third-order valence-electron chi connectivity index (χ3n) is 3.58. The van der Waals surface area contributed by atoms with Crippen molar-refractivity contribution in [1.29, 1.82) is 0 Å². The summed E-state index contributed by atoms with van der Waals surface area (Å²) in [7, 11) is 3.31. The number of carbonyl (C=O) groups excluding carboxylic acids is 1. The number of ether oxygens (including phenoxy) is 3. The number of carbonyl (C=O) groups is 1. The zero-order valence-electron chi connectivity index (χ0n) is 19.0. The van der Waals surface area contributed by atoms with E-state index in [4.69, 9.17) is 14.2 Å². The summed E-state index contributed by atoms with van der Waals surface area (Å²) in [6.07, 6.45) is 1.23. The minimum atomic E-state index is -0.544. The van der Waals surface area contributed by atoms with Gasteiger partial charge in [-0.05, 0) is 40.7 Å². The first-order valence-electron chi connectivity index (χ1n) is 9.57. The molecule has 0 spiro atoms. The maximum absolute atomic E-state index is 12.0. The summed E-state index contributed by atoms with van der Waals surface area (Å²) in [4.78, 5) is 20.5. The summed E-state index contributed by atoms with van der Waals surface area (Å²) in [6.45, 7) is 11.1. The summed E-state index contributed by atoms with van der Waals surface area (Å²) < 4.78 is 16.0. The van der Waals surface area contributed by atoms with E-state index < -0.39 is 17.2 Å². The minimum Gasteiger partial charge on any atom is -0.475 e. The molecular weight excluding hydrogens is 501 g/mol. The smallest absolute Gasteiger partial charge is 0.408 e. The number of halogens is 1. The number of rotatable bonds is 9. The second-order valence-corrected chi connectivity index (χ2v) is 8.10. The zero-order chi connectivity index (χ0) is 21.9. The van der Waals surface area contributed by atoms with Gasteiger partial charge in [0.2, 0.25) is 5.88 Å². The van der Waals surface area contributed by atoms with Gasteiger partial charge in [-0.3, -0.25) is 4.99 Å². The minimum absolute atomic E-state index is 0. The molecule has 0 aliphatic heterocycles. The topological polar surface area (TPSA) is 106 Å². The van der Waals surface area contributed by atoms with Gasteiger partial charge < -0.3 is 30.2 Å². The molecule has 1 aromatic heterocycles. The number of hydrogen-bond acceptors (Lipinski definition) is 6. The molecule has 0 bridgehead atoms. The Hall–Kier alpha value is -1.82. The molecule has 0 atom stereocenters. The van der Waals surface area contributed by atoms with Gasteiger partial charge >= 0.3 is 6.09 Å². The Morgan fingerprint density at radius 2 is 1.87 bits per heavy atom. The van der Waals surface area contributed by atoms with Crippen LogP contribution >= 0.6 is 24.0 Å². The number of nitrogens with zero attached hydrogens (tertiary/aromatic N) is 2. The molecule has 1 amide bonds. The molecule has 1 rings (SSSR count). The van der Waals surface area contributed by atoms with Crippen molar-refractivity contribution in [2.24, 2.45) is 4.99 Å². The van der Waals surface area contributed by atoms with Gasteiger partial charge in [0.25, 0.3) is 0 Å². The van der Waals surface area contributed by atoms with Crippen LogP contribution in [0.25, 0.3) is 0 Å². The van der Waals surface area contributed by atoms with Crippen LogP contribution in [0.3, 0.4) is 0 Å². The average molecular weight is 537 g/mol. The molecule has 1 heterocycles. The third kappa shape index (κ3) is 12.0. The lowest BCUT2D eigenvalue weighted by Gasteiger charge is -2.29. The standard InChI is InChI=1S/C20H35N5O4.HI/c1-19(2,3)29-18(26)25-20(4,5)14-24-17(21-6)23-13-15-9-8-10-22-16(15)28-12-11-27-7;/h8-10H,11-14H2,1-7H3,(H,25,26)(H2,21,23,24);1H. The van der Waals surface area contributed by atoms with Crippen molar-refractivity contribution >= 4 is 36.0 Å². The van der Waals surface area contributed by atoms with E-state index >= 15 is 0 Å². The van der Waals surface area contributed by atoms with E-state index in [1.165, 1.54) is 0 Å². The maximum atomic E-state index is 12.0. The normalized spacial score (nSPS) is 11.9. The van der Waals surface area contributed by atoms with Crippen LogP contribution in [0.1, 0.15) is 40.2 Å². The van der Waals surface area contributed by atoms with Crippen molar-refractivity contribution in [3.8, 4) is 5.88 Å². The molecule has 9 nitrogen and oxygen atoms in total. The molecule has 0 aliphatic carbocycles. The molecule has 0 unspecified atom stereocenters. The van der Waals surface area contributed by atoms with E-state index in [0.29, 0.717) is 38.1 Å². The number of guanidine groups is 1. The van der Waals surface area contributed by atoms with Gasteiger partial charge in [0.1, 0.15) is 12.2 Å². The monoisotopic (exact) mass is 537 g/mol. The van der Waals surface area contributed by atoms with E-state index in [1.807, 2.05) is 46.8 Å². The van der Waals surface area contributed by atoms with E-state index in [0.717, 1.165) is 5.56 Å². The number of hydrogen-bond donors (Lipinski definition) is 3. The summed E-state index contributed by atoms with van der Waals surface area (Å²) in [6, 6.07) is 3.79. The molecule has 0 saturated carbocycles. The van der Waals surface area contributed by atoms with Crippen molar-refractivity contribution in [3.63, 3.8) is 0 Å². The molecule has 3 N–H and O–H groups in total. The first kappa shape index (κ1) is 28.2. The number of nitrogens with one attached hydrogen (secondary N) is 3. The van der Waals surface area contributed by atoms with Crippen molar-refractivity contribution in [1.82, 2.24) is 20.9 Å². The second-order valence-electron chi connectivity index (χ2n) is 8.10. The van der Waals surface area contributed by atoms with Crippen LogP contribution in [0.4, 0.5) is 4.79 Å². The van der Waals surface area contributed by atoms with Crippen molar-refractivity contribution in [3.05, 3.63) is 23.9 Å². The van der Waals surface area contributed by atoms with Crippen LogP contribution in [0.5, 0.6) is 5.88 Å². The fourth-order valence-electron chi connectivity index (χ4n) is 2.24. The van der Waals surface area contributed by atoms with Crippen LogP contribution in [0.15, 0.2) is 23.3 Å². The van der Waals surface area contributed by atoms with Gasteiger partial charge in [-0.25, -0.2) is 9.78 Å². The quantitative estimate of drug-likeness (QED) is 0.193. The highest BCUT2D eigenvalue weighted by molar-refractivity contribution is 14.0. The number of pyridine rings is 1. The van der Waals surface area contributed by atoms with E-state index in [2.05, 4.69) is 25.9 Å². The molecule has 0 saturated heterocycles. The molecule has 0 fully saturated rings. The Morgan fingerprint density at radius 1 is 1.17 bits per heavy atom. The number of alkyl carbamates (subject to hydrolysis) is 1. The molecule has 30 heavy (non-hydrogen) atoms. The van der Waals surface area contributed by atoms with Crippen LogP contribution in [-0.2, 0) is 16.0 Å². The summed E-state index contributed by atoms with van der Waals surface area (Å²) in [5.41, 5.74) is -0.182. The van der Waals surface area contributed by atoms with Gasteiger partial charge in [-0.1, -0.05) is 6.07 Å². The van der Waals surface area contributed by atoms with Gasteiger partial charge in [-0.2, -0.15) is 0 Å². The van der Waals surface area contributed by atoms with Crippen LogP contribution in [-0.4, -0.2) is 62.1 Å². The highest BCUT2D eigenvalue weighted by Gasteiger charge is 2.24. The molecule has 172 valence electrons. The molecular formula is C20H36IN5O4. The lowest BCUT2D eigenvalue weighted by atomic mass is 10.1. The summed E-state index contributed by atoms with van der Waals surface area (Å²) in [5, 5.41) is 9.29. The average Bonchev–Trinajstić information content (AvgIpc) is 2.61. The third-order valence-corrected chi connectivity index (χ3v) is 3.58. The van der Waals surface area contributed by atoms with Crippen molar-refractivity contribution < 1.29 is 19.0 Å². The summed E-state index contributed by atoms with van der Waals surface area (Å²) in [5.74, 6) is 1.15. The second kappa shape index (κ2) is 13.5. The Labute approximate surface area is 196 Å². The molecule has 1 aromatic rings. The predicted molar refractivity (Wildman–Crippen MR) is 129 cm³/mol. The van der Waals surface area contributed by atoms with Gasteiger partial charge in [0, 0.05) is 39.0 Å². The van der Waals surface area contributed by atoms with Crippen molar-refractivity contribution in [2.75, 3.05) is 33.9 Å². The first-order chi connectivity index (χ1) is 13.6. The fraction of sp³-hybridized carbons (Fsp3) is 0.650. The fourth-order valence-corrected chi connectivity index (χ4v) is 2.24. The molecule has 0 aromatic carbocycles. The Kier molecular flexibility index (Phi) is 12.7. The van der Waals surface area contributed by atoms with Crippen molar-refractivity contribution in [2.45, 2.75) is 52.3 Å². The zero-order valence-corrected chi connectivity index (χ0v) is 21.3. The van der Waals surface area contributed by atoms with Gasteiger partial charge in [0.15, 0.2) is 5.96 Å². The first-order valence-corrected chi connectivity index (χ1v) is 9.57. The van der Waals surface area contributed by atoms with Gasteiger partial charge in [0.05, 0.1) is 12.1 Å². The highest BCUT2D eigenvalue weighted by atomic mass is 127. The number of amides is 1. The van der Waals surface area contributed by atoms with Crippen LogP contribution < -0.4 is 20.7 Å². The lowest BCUT2D eigenvalue weighted by Crippen LogP contribution is -2.54. The van der Waals surface area contributed by atoms with E-state index in [9.17, 15) is 4.79 Å². The molecule has 0 radical (unpaired) electrons. The number of aromatic nitrogens is 1. The van der Waals surface area contributed by atoms with Crippen LogP contribution in [0.2, 0.25) is 0 Å². The Morgan fingerprint density at radius 3 is 2.47 bits per heavy atom. The summed E-state index contributed by atoms with van der Waals surface area (Å²) >= 11 is 0. The van der Waals surface area contributed by atoms with Crippen LogP contribution in [0, 0.1) is 0 Å². The molecule has 0 aliphatic rings. The molecule has 10 heteroatoms. The predicted octanol–water partition coefficient (Wildman–Crippen LogP) is 2.69.